The lowest BCUT2D eigenvalue weighted by atomic mass is 9.98. The molecule has 3 rings (SSSR count). The van der Waals surface area contributed by atoms with Gasteiger partial charge in [0.25, 0.3) is 11.5 Å². The number of aliphatic carboxylic acids is 1. The number of amides is 1. The molecule has 3 N–H and O–H groups in total. The quantitative estimate of drug-likeness (QED) is 0.612. The Morgan fingerprint density at radius 1 is 1.07 bits per heavy atom. The second-order valence-corrected chi connectivity index (χ2v) is 6.61. The highest BCUT2D eigenvalue weighted by Crippen LogP contribution is 2.21. The molecule has 7 heteroatoms. The Kier molecular flexibility index (Phi) is 5.44. The Morgan fingerprint density at radius 3 is 2.36 bits per heavy atom. The minimum atomic E-state index is -1.03. The number of rotatable bonds is 6. The van der Waals surface area contributed by atoms with Gasteiger partial charge in [-0.15, -0.1) is 0 Å². The first kappa shape index (κ1) is 19.2. The van der Waals surface area contributed by atoms with Gasteiger partial charge in [-0.2, -0.15) is 0 Å². The molecule has 1 atom stereocenters. The average molecular weight is 379 g/mol. The fourth-order valence-corrected chi connectivity index (χ4v) is 3.13. The number of hydrogen-bond acceptors (Lipinski definition) is 3. The van der Waals surface area contributed by atoms with E-state index in [2.05, 4.69) is 10.4 Å². The van der Waals surface area contributed by atoms with Gasteiger partial charge in [0.2, 0.25) is 0 Å². The van der Waals surface area contributed by atoms with Crippen LogP contribution in [0.4, 0.5) is 0 Å². The van der Waals surface area contributed by atoms with Gasteiger partial charge in [0, 0.05) is 6.07 Å². The first-order valence-corrected chi connectivity index (χ1v) is 8.83. The zero-order valence-corrected chi connectivity index (χ0v) is 15.6. The van der Waals surface area contributed by atoms with Crippen molar-refractivity contribution in [3.05, 3.63) is 87.3 Å². The molecule has 0 bridgehead atoms. The number of carboxylic acids is 1. The van der Waals surface area contributed by atoms with Crippen LogP contribution in [0.5, 0.6) is 0 Å². The molecule has 0 unspecified atom stereocenters. The monoisotopic (exact) mass is 379 g/mol. The van der Waals surface area contributed by atoms with Crippen molar-refractivity contribution in [2.24, 2.45) is 0 Å². The molecule has 1 amide bonds. The molecule has 7 nitrogen and oxygen atoms in total. The number of carboxylic acid groups (broad SMARTS) is 1. The van der Waals surface area contributed by atoms with E-state index < -0.39 is 17.9 Å². The predicted octanol–water partition coefficient (Wildman–Crippen LogP) is 2.73. The van der Waals surface area contributed by atoms with Gasteiger partial charge in [0.15, 0.2) is 0 Å². The smallest absolute Gasteiger partial charge is 0.305 e. The van der Waals surface area contributed by atoms with Crippen LogP contribution in [0, 0.1) is 13.8 Å². The summed E-state index contributed by atoms with van der Waals surface area (Å²) in [5.41, 5.74) is 2.82. The number of nitrogens with zero attached hydrogens (tertiary/aromatic N) is 1. The summed E-state index contributed by atoms with van der Waals surface area (Å²) in [5.74, 6) is -1.57. The van der Waals surface area contributed by atoms with Crippen molar-refractivity contribution in [2.45, 2.75) is 26.3 Å². The molecule has 0 fully saturated rings. The Morgan fingerprint density at radius 2 is 1.71 bits per heavy atom. The van der Waals surface area contributed by atoms with E-state index in [0.29, 0.717) is 5.69 Å². The second-order valence-electron chi connectivity index (χ2n) is 6.61. The summed E-state index contributed by atoms with van der Waals surface area (Å²) >= 11 is 0. The molecule has 0 radical (unpaired) electrons. The lowest BCUT2D eigenvalue weighted by molar-refractivity contribution is -0.137. The molecular weight excluding hydrogens is 358 g/mol. The standard InChI is InChI=1S/C21H21N3O4/c1-13-7-3-5-9-15(13)16(12-20(26)27)22-21(28)17-11-19(25)24(23-17)18-10-6-4-8-14(18)2/h3-11,16,23H,12H2,1-2H3,(H,22,28)(H,26,27)/t16-/m0/s1. The van der Waals surface area contributed by atoms with Crippen LogP contribution in [0.2, 0.25) is 0 Å². The van der Waals surface area contributed by atoms with Gasteiger partial charge in [-0.25, -0.2) is 4.68 Å². The third kappa shape index (κ3) is 4.03. The largest absolute Gasteiger partial charge is 0.481 e. The summed E-state index contributed by atoms with van der Waals surface area (Å²) < 4.78 is 1.30. The summed E-state index contributed by atoms with van der Waals surface area (Å²) in [4.78, 5) is 36.3. The van der Waals surface area contributed by atoms with Crippen molar-refractivity contribution in [3.63, 3.8) is 0 Å². The number of benzene rings is 2. The van der Waals surface area contributed by atoms with Crippen LogP contribution in [-0.2, 0) is 4.79 Å². The number of aryl methyl sites for hydroxylation is 2. The number of H-pyrrole nitrogens is 1. The summed E-state index contributed by atoms with van der Waals surface area (Å²) in [5, 5.41) is 14.8. The van der Waals surface area contributed by atoms with E-state index in [9.17, 15) is 19.5 Å². The van der Waals surface area contributed by atoms with Crippen molar-refractivity contribution in [3.8, 4) is 5.69 Å². The zero-order chi connectivity index (χ0) is 20.3. The van der Waals surface area contributed by atoms with Crippen molar-refractivity contribution >= 4 is 11.9 Å². The summed E-state index contributed by atoms with van der Waals surface area (Å²) in [6.45, 7) is 3.72. The third-order valence-electron chi connectivity index (χ3n) is 4.57. The van der Waals surface area contributed by atoms with Crippen molar-refractivity contribution in [1.29, 1.82) is 0 Å². The molecule has 1 heterocycles. The Bertz CT molecular complexity index is 1080. The number of carbonyl (C=O) groups excluding carboxylic acids is 1. The highest BCUT2D eigenvalue weighted by molar-refractivity contribution is 5.92. The topological polar surface area (TPSA) is 104 Å². The van der Waals surface area contributed by atoms with E-state index in [1.807, 2.05) is 38.1 Å². The minimum absolute atomic E-state index is 0.0669. The zero-order valence-electron chi connectivity index (χ0n) is 15.6. The van der Waals surface area contributed by atoms with E-state index in [4.69, 9.17) is 0 Å². The van der Waals surface area contributed by atoms with Crippen LogP contribution in [0.25, 0.3) is 5.69 Å². The summed E-state index contributed by atoms with van der Waals surface area (Å²) in [6, 6.07) is 15.1. The van der Waals surface area contributed by atoms with Crippen molar-refractivity contribution in [1.82, 2.24) is 15.1 Å². The molecule has 0 saturated heterocycles. The molecule has 0 aliphatic rings. The molecular formula is C21H21N3O4. The van der Waals surface area contributed by atoms with Gasteiger partial charge in [-0.1, -0.05) is 42.5 Å². The normalized spacial score (nSPS) is 11.8. The molecule has 28 heavy (non-hydrogen) atoms. The van der Waals surface area contributed by atoms with Gasteiger partial charge < -0.3 is 10.4 Å². The average Bonchev–Trinajstić information content (AvgIpc) is 3.03. The number of para-hydroxylation sites is 1. The van der Waals surface area contributed by atoms with Crippen molar-refractivity contribution < 1.29 is 14.7 Å². The molecule has 0 spiro atoms. The highest BCUT2D eigenvalue weighted by atomic mass is 16.4. The van der Waals surface area contributed by atoms with Crippen LogP contribution < -0.4 is 10.9 Å². The number of aromatic amines is 1. The second kappa shape index (κ2) is 7.96. The molecule has 144 valence electrons. The van der Waals surface area contributed by atoms with Crippen LogP contribution in [0.3, 0.4) is 0 Å². The van der Waals surface area contributed by atoms with Gasteiger partial charge in [0.05, 0.1) is 18.2 Å². The van der Waals surface area contributed by atoms with E-state index >= 15 is 0 Å². The Labute approximate surface area is 161 Å². The molecule has 0 aliphatic carbocycles. The number of hydrogen-bond donors (Lipinski definition) is 3. The summed E-state index contributed by atoms with van der Waals surface area (Å²) in [7, 11) is 0. The molecule has 3 aromatic rings. The van der Waals surface area contributed by atoms with E-state index in [-0.39, 0.29) is 17.7 Å². The fraction of sp³-hybridized carbons (Fsp3) is 0.190. The van der Waals surface area contributed by atoms with Gasteiger partial charge >= 0.3 is 5.97 Å². The van der Waals surface area contributed by atoms with Crippen LogP contribution in [0.1, 0.15) is 39.6 Å². The van der Waals surface area contributed by atoms with Crippen LogP contribution in [0.15, 0.2) is 59.4 Å². The van der Waals surface area contributed by atoms with E-state index in [1.54, 1.807) is 24.3 Å². The minimum Gasteiger partial charge on any atom is -0.481 e. The lowest BCUT2D eigenvalue weighted by Crippen LogP contribution is -2.31. The van der Waals surface area contributed by atoms with Crippen molar-refractivity contribution in [2.75, 3.05) is 0 Å². The van der Waals surface area contributed by atoms with Gasteiger partial charge in [-0.05, 0) is 36.6 Å². The fourth-order valence-electron chi connectivity index (χ4n) is 3.13. The molecule has 1 aromatic heterocycles. The SMILES string of the molecule is Cc1ccccc1[C@H](CC(=O)O)NC(=O)c1cc(=O)n(-c2ccccc2C)[nH]1. The van der Waals surface area contributed by atoms with E-state index in [0.717, 1.165) is 16.7 Å². The lowest BCUT2D eigenvalue weighted by Gasteiger charge is -2.19. The maximum atomic E-state index is 12.7. The Balaban J connectivity index is 1.90. The van der Waals surface area contributed by atoms with Crippen LogP contribution in [-0.4, -0.2) is 26.8 Å². The number of aromatic nitrogens is 2. The Hall–Kier alpha value is -3.61. The van der Waals surface area contributed by atoms with E-state index in [1.165, 1.54) is 10.7 Å². The number of carbonyl (C=O) groups is 2. The summed E-state index contributed by atoms with van der Waals surface area (Å²) in [6.07, 6.45) is -0.265. The third-order valence-corrected chi connectivity index (χ3v) is 4.57. The maximum absolute atomic E-state index is 12.7. The first-order valence-electron chi connectivity index (χ1n) is 8.83. The van der Waals surface area contributed by atoms with Gasteiger partial charge in [0.1, 0.15) is 5.69 Å². The number of nitrogens with one attached hydrogen (secondary N) is 2. The first-order chi connectivity index (χ1) is 13.4. The predicted molar refractivity (Wildman–Crippen MR) is 105 cm³/mol. The highest BCUT2D eigenvalue weighted by Gasteiger charge is 2.22. The van der Waals surface area contributed by atoms with Gasteiger partial charge in [-0.3, -0.25) is 19.5 Å². The molecule has 0 saturated carbocycles. The van der Waals surface area contributed by atoms with Crippen LogP contribution >= 0.6 is 0 Å². The molecule has 2 aromatic carbocycles. The molecule has 0 aliphatic heterocycles. The maximum Gasteiger partial charge on any atom is 0.305 e.